The van der Waals surface area contributed by atoms with E-state index in [1.54, 1.807) is 19.2 Å². The Morgan fingerprint density at radius 2 is 1.83 bits per heavy atom. The van der Waals surface area contributed by atoms with Crippen LogP contribution in [0, 0.1) is 26.6 Å². The van der Waals surface area contributed by atoms with Gasteiger partial charge in [-0.05, 0) is 49.6 Å². The van der Waals surface area contributed by atoms with Crippen molar-refractivity contribution in [1.82, 2.24) is 9.88 Å². The highest BCUT2D eigenvalue weighted by molar-refractivity contribution is 5.95. The van der Waals surface area contributed by atoms with Crippen LogP contribution in [-0.4, -0.2) is 30.7 Å². The predicted octanol–water partition coefficient (Wildman–Crippen LogP) is 2.98. The second kappa shape index (κ2) is 7.42. The van der Waals surface area contributed by atoms with Crippen LogP contribution in [0.15, 0.2) is 24.3 Å². The van der Waals surface area contributed by atoms with E-state index in [1.807, 2.05) is 25.3 Å². The molecule has 0 atom stereocenters. The fourth-order valence-corrected chi connectivity index (χ4v) is 2.63. The quantitative estimate of drug-likeness (QED) is 0.832. The Morgan fingerprint density at radius 1 is 1.17 bits per heavy atom. The zero-order valence-electron chi connectivity index (χ0n) is 14.1. The standard InChI is InChI=1S/C18H23FN2O2/c1-12-13(2)17(18(22)20-9-10-23-4)21(14(12)3)11-15-5-7-16(19)8-6-15/h5-8H,9-11H2,1-4H3,(H,20,22). The van der Waals surface area contributed by atoms with E-state index in [9.17, 15) is 9.18 Å². The fourth-order valence-electron chi connectivity index (χ4n) is 2.63. The molecule has 0 aliphatic rings. The van der Waals surface area contributed by atoms with E-state index in [0.717, 1.165) is 22.4 Å². The average molecular weight is 318 g/mol. The normalized spacial score (nSPS) is 10.8. The molecule has 0 unspecified atom stereocenters. The van der Waals surface area contributed by atoms with Gasteiger partial charge in [-0.15, -0.1) is 0 Å². The summed E-state index contributed by atoms with van der Waals surface area (Å²) in [5.41, 5.74) is 4.73. The highest BCUT2D eigenvalue weighted by Crippen LogP contribution is 2.22. The first kappa shape index (κ1) is 17.2. The van der Waals surface area contributed by atoms with Crippen molar-refractivity contribution < 1.29 is 13.9 Å². The Hall–Kier alpha value is -2.14. The van der Waals surface area contributed by atoms with Crippen LogP contribution in [0.1, 0.15) is 32.9 Å². The number of carbonyl (C=O) groups is 1. The summed E-state index contributed by atoms with van der Waals surface area (Å²) in [7, 11) is 1.60. The second-order valence-electron chi connectivity index (χ2n) is 5.65. The number of hydrogen-bond donors (Lipinski definition) is 1. The Morgan fingerprint density at radius 3 is 2.43 bits per heavy atom. The van der Waals surface area contributed by atoms with Gasteiger partial charge >= 0.3 is 0 Å². The number of rotatable bonds is 6. The van der Waals surface area contributed by atoms with Crippen molar-refractivity contribution in [3.8, 4) is 0 Å². The van der Waals surface area contributed by atoms with Gasteiger partial charge in [-0.2, -0.15) is 0 Å². The van der Waals surface area contributed by atoms with Crippen LogP contribution in [0.4, 0.5) is 4.39 Å². The van der Waals surface area contributed by atoms with Crippen molar-refractivity contribution >= 4 is 5.91 Å². The third-order valence-electron chi connectivity index (χ3n) is 4.20. The smallest absolute Gasteiger partial charge is 0.268 e. The molecule has 1 N–H and O–H groups in total. The van der Waals surface area contributed by atoms with Crippen LogP contribution in [0.2, 0.25) is 0 Å². The highest BCUT2D eigenvalue weighted by atomic mass is 19.1. The molecule has 0 bridgehead atoms. The molecule has 0 spiro atoms. The molecule has 1 amide bonds. The molecule has 0 fully saturated rings. The lowest BCUT2D eigenvalue weighted by atomic mass is 10.1. The third-order valence-corrected chi connectivity index (χ3v) is 4.20. The van der Waals surface area contributed by atoms with E-state index in [1.165, 1.54) is 12.1 Å². The van der Waals surface area contributed by atoms with E-state index in [-0.39, 0.29) is 11.7 Å². The zero-order chi connectivity index (χ0) is 17.0. The topological polar surface area (TPSA) is 43.3 Å². The minimum absolute atomic E-state index is 0.113. The van der Waals surface area contributed by atoms with Crippen molar-refractivity contribution in [1.29, 1.82) is 0 Å². The summed E-state index contributed by atoms with van der Waals surface area (Å²) in [5, 5.41) is 2.87. The summed E-state index contributed by atoms with van der Waals surface area (Å²) in [6.45, 7) is 7.44. The van der Waals surface area contributed by atoms with Crippen LogP contribution < -0.4 is 5.32 Å². The van der Waals surface area contributed by atoms with Crippen molar-refractivity contribution in [2.24, 2.45) is 0 Å². The van der Waals surface area contributed by atoms with Gasteiger partial charge in [0.15, 0.2) is 0 Å². The highest BCUT2D eigenvalue weighted by Gasteiger charge is 2.20. The first-order chi connectivity index (χ1) is 11.0. The molecule has 0 saturated heterocycles. The van der Waals surface area contributed by atoms with E-state index < -0.39 is 0 Å². The summed E-state index contributed by atoms with van der Waals surface area (Å²) < 4.78 is 20.0. The summed E-state index contributed by atoms with van der Waals surface area (Å²) in [6, 6.07) is 6.36. The number of aromatic nitrogens is 1. The van der Waals surface area contributed by atoms with E-state index in [2.05, 4.69) is 5.32 Å². The number of hydrogen-bond acceptors (Lipinski definition) is 2. The minimum Gasteiger partial charge on any atom is -0.383 e. The predicted molar refractivity (Wildman–Crippen MR) is 88.4 cm³/mol. The van der Waals surface area contributed by atoms with Gasteiger partial charge in [0.1, 0.15) is 11.5 Å². The average Bonchev–Trinajstić information content (AvgIpc) is 2.74. The summed E-state index contributed by atoms with van der Waals surface area (Å²) in [6.07, 6.45) is 0. The Balaban J connectivity index is 2.32. The molecule has 1 aromatic heterocycles. The lowest BCUT2D eigenvalue weighted by molar-refractivity contribution is 0.0927. The first-order valence-electron chi connectivity index (χ1n) is 7.63. The van der Waals surface area contributed by atoms with Gasteiger partial charge in [0, 0.05) is 25.9 Å². The van der Waals surface area contributed by atoms with Crippen molar-refractivity contribution in [3.05, 3.63) is 58.2 Å². The number of nitrogens with zero attached hydrogens (tertiary/aromatic N) is 1. The Bertz CT molecular complexity index is 690. The summed E-state index contributed by atoms with van der Waals surface area (Å²) >= 11 is 0. The van der Waals surface area contributed by atoms with Gasteiger partial charge in [-0.3, -0.25) is 4.79 Å². The Labute approximate surface area is 136 Å². The van der Waals surface area contributed by atoms with Gasteiger partial charge in [0.2, 0.25) is 0 Å². The number of methoxy groups -OCH3 is 1. The van der Waals surface area contributed by atoms with Crippen LogP contribution in [-0.2, 0) is 11.3 Å². The SMILES string of the molecule is COCCNC(=O)c1c(C)c(C)c(C)n1Cc1ccc(F)cc1. The molecule has 2 rings (SSSR count). The lowest BCUT2D eigenvalue weighted by Crippen LogP contribution is -2.29. The molecule has 0 aliphatic carbocycles. The number of nitrogens with one attached hydrogen (secondary N) is 1. The molecule has 5 heteroatoms. The van der Waals surface area contributed by atoms with Crippen LogP contribution in [0.25, 0.3) is 0 Å². The van der Waals surface area contributed by atoms with Crippen molar-refractivity contribution in [3.63, 3.8) is 0 Å². The maximum Gasteiger partial charge on any atom is 0.268 e. The van der Waals surface area contributed by atoms with Gasteiger partial charge in [0.25, 0.3) is 5.91 Å². The first-order valence-corrected chi connectivity index (χ1v) is 7.63. The summed E-state index contributed by atoms with van der Waals surface area (Å²) in [5.74, 6) is -0.374. The van der Waals surface area contributed by atoms with Crippen molar-refractivity contribution in [2.45, 2.75) is 27.3 Å². The number of ether oxygens (including phenoxy) is 1. The molecular formula is C18H23FN2O2. The molecule has 23 heavy (non-hydrogen) atoms. The number of benzene rings is 1. The fraction of sp³-hybridized carbons (Fsp3) is 0.389. The third kappa shape index (κ3) is 3.79. The van der Waals surface area contributed by atoms with Gasteiger partial charge in [-0.25, -0.2) is 4.39 Å². The molecular weight excluding hydrogens is 295 g/mol. The molecule has 2 aromatic rings. The number of carbonyl (C=O) groups excluding carboxylic acids is 1. The molecule has 1 aromatic carbocycles. The Kier molecular flexibility index (Phi) is 5.55. The van der Waals surface area contributed by atoms with Crippen LogP contribution in [0.3, 0.4) is 0 Å². The van der Waals surface area contributed by atoms with Crippen LogP contribution in [0.5, 0.6) is 0 Å². The molecule has 4 nitrogen and oxygen atoms in total. The lowest BCUT2D eigenvalue weighted by Gasteiger charge is -2.13. The summed E-state index contributed by atoms with van der Waals surface area (Å²) in [4.78, 5) is 12.5. The maximum atomic E-state index is 13.1. The molecule has 0 radical (unpaired) electrons. The maximum absolute atomic E-state index is 13.1. The van der Waals surface area contributed by atoms with Gasteiger partial charge in [-0.1, -0.05) is 12.1 Å². The van der Waals surface area contributed by atoms with Crippen LogP contribution >= 0.6 is 0 Å². The second-order valence-corrected chi connectivity index (χ2v) is 5.65. The van der Waals surface area contributed by atoms with Gasteiger partial charge < -0.3 is 14.6 Å². The van der Waals surface area contributed by atoms with E-state index in [4.69, 9.17) is 4.74 Å². The number of amides is 1. The molecule has 0 saturated carbocycles. The van der Waals surface area contributed by atoms with Gasteiger partial charge in [0.05, 0.1) is 6.61 Å². The molecule has 1 heterocycles. The monoisotopic (exact) mass is 318 g/mol. The molecule has 124 valence electrons. The largest absolute Gasteiger partial charge is 0.383 e. The van der Waals surface area contributed by atoms with E-state index in [0.29, 0.717) is 25.4 Å². The van der Waals surface area contributed by atoms with Crippen molar-refractivity contribution in [2.75, 3.05) is 20.3 Å². The minimum atomic E-state index is -0.261. The molecule has 0 aliphatic heterocycles. The number of halogens is 1. The zero-order valence-corrected chi connectivity index (χ0v) is 14.1. The van der Waals surface area contributed by atoms with E-state index >= 15 is 0 Å².